The van der Waals surface area contributed by atoms with Crippen molar-refractivity contribution < 1.29 is 9.53 Å². The maximum absolute atomic E-state index is 12.7. The third-order valence-electron chi connectivity index (χ3n) is 3.92. The minimum absolute atomic E-state index is 0.0354. The van der Waals surface area contributed by atoms with E-state index in [1.165, 1.54) is 22.5 Å². The molecule has 1 atom stereocenters. The van der Waals surface area contributed by atoms with Gasteiger partial charge in [-0.2, -0.15) is 0 Å². The van der Waals surface area contributed by atoms with E-state index in [2.05, 4.69) is 12.1 Å². The lowest BCUT2D eigenvalue weighted by atomic mass is 9.92. The van der Waals surface area contributed by atoms with Crippen LogP contribution < -0.4 is 10.5 Å². The molecule has 1 aromatic carbocycles. The number of hydrogen-bond acceptors (Lipinski definition) is 4. The molecule has 3 rings (SSSR count). The monoisotopic (exact) mass is 302 g/mol. The molecular weight excluding hydrogens is 284 g/mol. The number of benzene rings is 1. The summed E-state index contributed by atoms with van der Waals surface area (Å²) in [5, 5.41) is 1.85. The number of fused-ring (bicyclic) bond motifs is 1. The van der Waals surface area contributed by atoms with Crippen LogP contribution in [0.4, 0.5) is 0 Å². The Labute approximate surface area is 128 Å². The van der Waals surface area contributed by atoms with E-state index in [4.69, 9.17) is 10.5 Å². The van der Waals surface area contributed by atoms with Crippen molar-refractivity contribution in [2.24, 2.45) is 5.73 Å². The molecule has 0 saturated heterocycles. The van der Waals surface area contributed by atoms with Gasteiger partial charge in [0.05, 0.1) is 18.0 Å². The number of carbonyl (C=O) groups excluding carboxylic acids is 1. The van der Waals surface area contributed by atoms with Crippen molar-refractivity contribution in [1.29, 1.82) is 0 Å². The fourth-order valence-electron chi connectivity index (χ4n) is 2.83. The highest BCUT2D eigenvalue weighted by Crippen LogP contribution is 2.32. The molecule has 1 aliphatic heterocycles. The van der Waals surface area contributed by atoms with Crippen LogP contribution in [0.15, 0.2) is 35.7 Å². The second kappa shape index (κ2) is 5.87. The van der Waals surface area contributed by atoms with Gasteiger partial charge in [0.1, 0.15) is 5.75 Å². The lowest BCUT2D eigenvalue weighted by molar-refractivity contribution is 0.0672. The predicted molar refractivity (Wildman–Crippen MR) is 83.8 cm³/mol. The van der Waals surface area contributed by atoms with Gasteiger partial charge in [0.25, 0.3) is 5.91 Å². The zero-order valence-corrected chi connectivity index (χ0v) is 12.7. The van der Waals surface area contributed by atoms with E-state index in [0.717, 1.165) is 12.2 Å². The minimum Gasteiger partial charge on any atom is -0.496 e. The highest BCUT2D eigenvalue weighted by atomic mass is 32.1. The Bertz CT molecular complexity index is 653. The molecule has 0 radical (unpaired) electrons. The van der Waals surface area contributed by atoms with Crippen molar-refractivity contribution in [2.75, 3.05) is 20.2 Å². The molecule has 1 amide bonds. The first-order chi connectivity index (χ1) is 10.2. The van der Waals surface area contributed by atoms with Gasteiger partial charge >= 0.3 is 0 Å². The van der Waals surface area contributed by atoms with Gasteiger partial charge in [-0.15, -0.1) is 11.3 Å². The Morgan fingerprint density at radius 3 is 3.00 bits per heavy atom. The van der Waals surface area contributed by atoms with Crippen LogP contribution in [-0.4, -0.2) is 31.0 Å². The van der Waals surface area contributed by atoms with Crippen molar-refractivity contribution in [3.63, 3.8) is 0 Å². The van der Waals surface area contributed by atoms with E-state index in [0.29, 0.717) is 18.0 Å². The summed E-state index contributed by atoms with van der Waals surface area (Å²) in [7, 11) is 1.61. The smallest absolute Gasteiger partial charge is 0.264 e. The van der Waals surface area contributed by atoms with Crippen molar-refractivity contribution in [2.45, 2.75) is 12.5 Å². The molecule has 1 aliphatic rings. The highest BCUT2D eigenvalue weighted by molar-refractivity contribution is 7.12. The topological polar surface area (TPSA) is 55.6 Å². The Kier molecular flexibility index (Phi) is 3.94. The van der Waals surface area contributed by atoms with Crippen molar-refractivity contribution in [3.8, 4) is 5.75 Å². The van der Waals surface area contributed by atoms with Crippen LogP contribution in [0.3, 0.4) is 0 Å². The summed E-state index contributed by atoms with van der Waals surface area (Å²) in [4.78, 5) is 15.3. The molecule has 2 N–H and O–H groups in total. The third kappa shape index (κ3) is 2.54. The quantitative estimate of drug-likeness (QED) is 0.947. The van der Waals surface area contributed by atoms with E-state index in [9.17, 15) is 4.79 Å². The maximum atomic E-state index is 12.7. The molecule has 21 heavy (non-hydrogen) atoms. The largest absolute Gasteiger partial charge is 0.496 e. The normalized spacial score (nSPS) is 17.4. The van der Waals surface area contributed by atoms with Crippen LogP contribution in [0.5, 0.6) is 5.75 Å². The number of nitrogens with two attached hydrogens (primary N) is 1. The van der Waals surface area contributed by atoms with Gasteiger partial charge in [0.2, 0.25) is 0 Å². The van der Waals surface area contributed by atoms with Gasteiger partial charge in [-0.25, -0.2) is 0 Å². The lowest BCUT2D eigenvalue weighted by Gasteiger charge is -2.36. The Morgan fingerprint density at radius 1 is 1.48 bits per heavy atom. The number of methoxy groups -OCH3 is 1. The number of hydrogen-bond donors (Lipinski definition) is 1. The zero-order valence-electron chi connectivity index (χ0n) is 11.9. The summed E-state index contributed by atoms with van der Waals surface area (Å²) in [6, 6.07) is 9.98. The Morgan fingerprint density at radius 2 is 2.29 bits per heavy atom. The number of thiophene rings is 1. The van der Waals surface area contributed by atoms with Crippen LogP contribution >= 0.6 is 11.3 Å². The number of rotatable bonds is 3. The van der Waals surface area contributed by atoms with E-state index < -0.39 is 0 Å². The number of carbonyl (C=O) groups is 1. The summed E-state index contributed by atoms with van der Waals surface area (Å²) in [6.07, 6.45) is 0.876. The molecule has 0 spiro atoms. The highest BCUT2D eigenvalue weighted by Gasteiger charge is 2.30. The van der Waals surface area contributed by atoms with E-state index in [1.807, 2.05) is 22.4 Å². The summed E-state index contributed by atoms with van der Waals surface area (Å²) in [5.74, 6) is 0.762. The molecule has 0 bridgehead atoms. The zero-order chi connectivity index (χ0) is 14.8. The second-order valence-corrected chi connectivity index (χ2v) is 5.96. The van der Waals surface area contributed by atoms with Gasteiger partial charge in [-0.05, 0) is 17.5 Å². The number of nitrogens with zero attached hydrogens (tertiary/aromatic N) is 1. The molecule has 0 fully saturated rings. The van der Waals surface area contributed by atoms with Crippen LogP contribution in [-0.2, 0) is 6.42 Å². The molecule has 2 aromatic rings. The number of ether oxygens (including phenoxy) is 1. The van der Waals surface area contributed by atoms with Gasteiger partial charge in [0, 0.05) is 24.5 Å². The summed E-state index contributed by atoms with van der Waals surface area (Å²) in [6.45, 7) is 1.14. The van der Waals surface area contributed by atoms with E-state index in [1.54, 1.807) is 13.2 Å². The Hall–Kier alpha value is -1.85. The van der Waals surface area contributed by atoms with E-state index in [-0.39, 0.29) is 11.9 Å². The van der Waals surface area contributed by atoms with Crippen LogP contribution in [0.1, 0.15) is 26.8 Å². The van der Waals surface area contributed by atoms with Crippen molar-refractivity contribution in [3.05, 3.63) is 51.7 Å². The van der Waals surface area contributed by atoms with Gasteiger partial charge in [-0.3, -0.25) is 4.79 Å². The van der Waals surface area contributed by atoms with Crippen LogP contribution in [0.2, 0.25) is 0 Å². The van der Waals surface area contributed by atoms with Gasteiger partial charge in [-0.1, -0.05) is 24.3 Å². The first-order valence-corrected chi connectivity index (χ1v) is 7.84. The average Bonchev–Trinajstić information content (AvgIpc) is 3.02. The maximum Gasteiger partial charge on any atom is 0.264 e. The molecule has 0 aliphatic carbocycles. The van der Waals surface area contributed by atoms with E-state index >= 15 is 0 Å². The van der Waals surface area contributed by atoms with Crippen LogP contribution in [0.25, 0.3) is 0 Å². The summed E-state index contributed by atoms with van der Waals surface area (Å²) < 4.78 is 5.16. The molecule has 2 heterocycles. The minimum atomic E-state index is -0.0458. The van der Waals surface area contributed by atoms with Crippen molar-refractivity contribution in [1.82, 2.24) is 4.90 Å². The second-order valence-electron chi connectivity index (χ2n) is 5.05. The summed E-state index contributed by atoms with van der Waals surface area (Å²) >= 11 is 1.41. The average molecular weight is 302 g/mol. The number of amides is 1. The lowest BCUT2D eigenvalue weighted by Crippen LogP contribution is -2.42. The van der Waals surface area contributed by atoms with Gasteiger partial charge in [0.15, 0.2) is 0 Å². The van der Waals surface area contributed by atoms with Crippen LogP contribution in [0, 0.1) is 0 Å². The molecule has 5 heteroatoms. The molecule has 1 unspecified atom stereocenters. The Balaban J connectivity index is 1.90. The first kappa shape index (κ1) is 14.1. The third-order valence-corrected chi connectivity index (χ3v) is 4.81. The fourth-order valence-corrected chi connectivity index (χ4v) is 3.64. The molecule has 110 valence electrons. The molecule has 1 aromatic heterocycles. The molecule has 0 saturated carbocycles. The SMILES string of the molecule is COc1csc(C(=O)N2CCc3ccccc3C2CN)c1. The standard InChI is InChI=1S/C16H18N2O2S/c1-20-12-8-15(21-10-12)16(19)18-7-6-11-4-2-3-5-13(11)14(18)9-17/h2-5,8,10,14H,6-7,9,17H2,1H3. The first-order valence-electron chi connectivity index (χ1n) is 6.96. The molecular formula is C16H18N2O2S. The van der Waals surface area contributed by atoms with Crippen molar-refractivity contribution >= 4 is 17.2 Å². The van der Waals surface area contributed by atoms with Gasteiger partial charge < -0.3 is 15.4 Å². The molecule has 4 nitrogen and oxygen atoms in total. The fraction of sp³-hybridized carbons (Fsp3) is 0.312. The summed E-state index contributed by atoms with van der Waals surface area (Å²) in [5.41, 5.74) is 8.40. The predicted octanol–water partition coefficient (Wildman–Crippen LogP) is 2.46.